The smallest absolute Gasteiger partial charge is 0.253 e. The van der Waals surface area contributed by atoms with E-state index in [1.807, 2.05) is 24.4 Å². The Balaban J connectivity index is 1.92. The molecule has 2 aromatic rings. The van der Waals surface area contributed by atoms with Gasteiger partial charge in [0.15, 0.2) is 0 Å². The predicted molar refractivity (Wildman–Crippen MR) is 110 cm³/mol. The fourth-order valence-corrected chi connectivity index (χ4v) is 6.14. The van der Waals surface area contributed by atoms with Crippen molar-refractivity contribution in [3.63, 3.8) is 0 Å². The molecule has 6 nitrogen and oxygen atoms in total. The molecule has 1 atom stereocenters. The minimum absolute atomic E-state index is 0.0547. The van der Waals surface area contributed by atoms with Gasteiger partial charge in [0.2, 0.25) is 10.0 Å². The maximum absolute atomic E-state index is 13.3. The van der Waals surface area contributed by atoms with Gasteiger partial charge >= 0.3 is 0 Å². The summed E-state index contributed by atoms with van der Waals surface area (Å²) in [5, 5.41) is 1.96. The van der Waals surface area contributed by atoms with Crippen LogP contribution in [0, 0.1) is 0 Å². The predicted octanol–water partition coefficient (Wildman–Crippen LogP) is 3.59. The maximum atomic E-state index is 13.3. The zero-order valence-corrected chi connectivity index (χ0v) is 18.1. The molecule has 28 heavy (non-hydrogen) atoms. The Hall–Kier alpha value is -1.90. The molecular formula is C20H26N2O4S2. The Morgan fingerprint density at radius 1 is 1.32 bits per heavy atom. The molecule has 1 aliphatic heterocycles. The molecule has 0 radical (unpaired) electrons. The van der Waals surface area contributed by atoms with Gasteiger partial charge in [-0.3, -0.25) is 4.79 Å². The lowest BCUT2D eigenvalue weighted by atomic mass is 10.1. The number of benzene rings is 1. The maximum Gasteiger partial charge on any atom is 0.253 e. The van der Waals surface area contributed by atoms with Crippen LogP contribution in [0.1, 0.15) is 41.4 Å². The second-order valence-electron chi connectivity index (χ2n) is 7.07. The number of piperidine rings is 1. The lowest BCUT2D eigenvalue weighted by Crippen LogP contribution is -2.42. The Kier molecular flexibility index (Phi) is 6.42. The van der Waals surface area contributed by atoms with Gasteiger partial charge in [0.25, 0.3) is 5.91 Å². The molecular weight excluding hydrogens is 396 g/mol. The molecule has 1 aliphatic rings. The number of nitrogens with zero attached hydrogens (tertiary/aromatic N) is 2. The Morgan fingerprint density at radius 2 is 2.11 bits per heavy atom. The lowest BCUT2D eigenvalue weighted by molar-refractivity contribution is 0.0786. The molecule has 1 amide bonds. The number of hydrogen-bond acceptors (Lipinski definition) is 5. The third kappa shape index (κ3) is 4.24. The van der Waals surface area contributed by atoms with Crippen molar-refractivity contribution in [3.8, 4) is 5.75 Å². The molecule has 1 aromatic heterocycles. The zero-order valence-electron chi connectivity index (χ0n) is 16.4. The van der Waals surface area contributed by atoms with E-state index in [1.54, 1.807) is 35.4 Å². The van der Waals surface area contributed by atoms with Gasteiger partial charge in [0.1, 0.15) is 10.6 Å². The van der Waals surface area contributed by atoms with Crippen LogP contribution in [0.4, 0.5) is 0 Å². The van der Waals surface area contributed by atoms with Crippen molar-refractivity contribution in [2.24, 2.45) is 0 Å². The van der Waals surface area contributed by atoms with E-state index in [9.17, 15) is 13.2 Å². The summed E-state index contributed by atoms with van der Waals surface area (Å²) in [5.41, 5.74) is 0.336. The molecule has 0 bridgehead atoms. The van der Waals surface area contributed by atoms with Crippen molar-refractivity contribution in [2.75, 3.05) is 20.7 Å². The monoisotopic (exact) mass is 422 g/mol. The van der Waals surface area contributed by atoms with Crippen molar-refractivity contribution >= 4 is 27.3 Å². The fourth-order valence-electron chi connectivity index (χ4n) is 3.49. The molecule has 152 valence electrons. The minimum atomic E-state index is -3.75. The highest BCUT2D eigenvalue weighted by Crippen LogP contribution is 2.32. The second kappa shape index (κ2) is 8.63. The summed E-state index contributed by atoms with van der Waals surface area (Å²) in [6.45, 7) is 2.89. The first kappa shape index (κ1) is 20.8. The molecule has 0 aliphatic carbocycles. The first-order valence-corrected chi connectivity index (χ1v) is 11.6. The van der Waals surface area contributed by atoms with E-state index < -0.39 is 10.0 Å². The van der Waals surface area contributed by atoms with Crippen molar-refractivity contribution in [2.45, 2.75) is 43.7 Å². The summed E-state index contributed by atoms with van der Waals surface area (Å²) in [6, 6.07) is 8.47. The highest BCUT2D eigenvalue weighted by atomic mass is 32.2. The van der Waals surface area contributed by atoms with Gasteiger partial charge in [0.05, 0.1) is 13.7 Å². The molecule has 1 saturated heterocycles. The molecule has 1 aromatic carbocycles. The summed E-state index contributed by atoms with van der Waals surface area (Å²) < 4.78 is 33.4. The second-order valence-corrected chi connectivity index (χ2v) is 9.96. The highest BCUT2D eigenvalue weighted by molar-refractivity contribution is 7.89. The molecule has 1 unspecified atom stereocenters. The molecule has 0 N–H and O–H groups in total. The Bertz CT molecular complexity index is 926. The minimum Gasteiger partial charge on any atom is -0.495 e. The van der Waals surface area contributed by atoms with Crippen LogP contribution < -0.4 is 4.74 Å². The first-order valence-electron chi connectivity index (χ1n) is 9.32. The quantitative estimate of drug-likeness (QED) is 0.713. The third-order valence-corrected chi connectivity index (χ3v) is 7.95. The number of sulfonamides is 1. The van der Waals surface area contributed by atoms with Crippen molar-refractivity contribution in [1.29, 1.82) is 0 Å². The third-order valence-electron chi connectivity index (χ3n) is 5.06. The molecule has 3 rings (SSSR count). The van der Waals surface area contributed by atoms with Gasteiger partial charge in [-0.1, -0.05) is 12.5 Å². The largest absolute Gasteiger partial charge is 0.495 e. The lowest BCUT2D eigenvalue weighted by Gasteiger charge is -2.32. The number of hydrogen-bond donors (Lipinski definition) is 0. The van der Waals surface area contributed by atoms with Crippen LogP contribution >= 0.6 is 11.3 Å². The average Bonchev–Trinajstić information content (AvgIpc) is 3.20. The van der Waals surface area contributed by atoms with Gasteiger partial charge in [-0.15, -0.1) is 11.3 Å². The number of ether oxygens (including phenoxy) is 1. The molecule has 8 heteroatoms. The molecule has 0 spiro atoms. The van der Waals surface area contributed by atoms with Crippen LogP contribution in [0.5, 0.6) is 5.75 Å². The highest BCUT2D eigenvalue weighted by Gasteiger charge is 2.33. The van der Waals surface area contributed by atoms with Gasteiger partial charge in [0, 0.05) is 30.1 Å². The van der Waals surface area contributed by atoms with E-state index in [1.165, 1.54) is 17.5 Å². The summed E-state index contributed by atoms with van der Waals surface area (Å²) in [5.74, 6) is 0.0365. The number of thiophene rings is 1. The normalized spacial score (nSPS) is 18.0. The summed E-state index contributed by atoms with van der Waals surface area (Å²) in [6.07, 6.45) is 2.70. The molecule has 2 heterocycles. The number of methoxy groups -OCH3 is 1. The first-order chi connectivity index (χ1) is 13.3. The number of amides is 1. The summed E-state index contributed by atoms with van der Waals surface area (Å²) in [4.78, 5) is 15.6. The Labute approximate surface area is 170 Å². The standard InChI is InChI=1S/C20H26N2O4S2/c1-15-7-4-5-11-22(15)28(24,25)19-13-16(9-10-18(19)26-3)20(23)21(2)14-17-8-6-12-27-17/h6,8-10,12-13,15H,4-5,7,11,14H2,1-3H3. The zero-order chi connectivity index (χ0) is 20.3. The average molecular weight is 423 g/mol. The molecule has 0 saturated carbocycles. The van der Waals surface area contributed by atoms with Crippen molar-refractivity contribution in [3.05, 3.63) is 46.2 Å². The van der Waals surface area contributed by atoms with Crippen molar-refractivity contribution < 1.29 is 17.9 Å². The SMILES string of the molecule is COc1ccc(C(=O)N(C)Cc2cccs2)cc1S(=O)(=O)N1CCCCC1C. The van der Waals surface area contributed by atoms with Crippen molar-refractivity contribution in [1.82, 2.24) is 9.21 Å². The number of carbonyl (C=O) groups excluding carboxylic acids is 1. The van der Waals surface area contributed by atoms with E-state index in [0.717, 1.165) is 24.1 Å². The summed E-state index contributed by atoms with van der Waals surface area (Å²) in [7, 11) is -0.588. The van der Waals surface area contributed by atoms with Gasteiger partial charge < -0.3 is 9.64 Å². The van der Waals surface area contributed by atoms with E-state index in [2.05, 4.69) is 0 Å². The van der Waals surface area contributed by atoms with Gasteiger partial charge in [-0.25, -0.2) is 8.42 Å². The van der Waals surface area contributed by atoms with Crippen LogP contribution in [0.2, 0.25) is 0 Å². The number of rotatable bonds is 6. The number of carbonyl (C=O) groups is 1. The van der Waals surface area contributed by atoms with E-state index in [-0.39, 0.29) is 22.6 Å². The van der Waals surface area contributed by atoms with Crippen LogP contribution in [-0.2, 0) is 16.6 Å². The van der Waals surface area contributed by atoms with Crippen LogP contribution in [0.15, 0.2) is 40.6 Å². The fraction of sp³-hybridized carbons (Fsp3) is 0.450. The Morgan fingerprint density at radius 3 is 2.75 bits per heavy atom. The van der Waals surface area contributed by atoms with Gasteiger partial charge in [-0.2, -0.15) is 4.31 Å². The topological polar surface area (TPSA) is 66.9 Å². The van der Waals surface area contributed by atoms with Crippen LogP contribution in [0.25, 0.3) is 0 Å². The molecule has 1 fully saturated rings. The van der Waals surface area contributed by atoms with Crippen LogP contribution in [0.3, 0.4) is 0 Å². The van der Waals surface area contributed by atoms with E-state index in [4.69, 9.17) is 4.74 Å². The van der Waals surface area contributed by atoms with Crippen LogP contribution in [-0.4, -0.2) is 50.3 Å². The summed E-state index contributed by atoms with van der Waals surface area (Å²) >= 11 is 1.58. The van der Waals surface area contributed by atoms with E-state index in [0.29, 0.717) is 18.7 Å². The van der Waals surface area contributed by atoms with Gasteiger partial charge in [-0.05, 0) is 49.4 Å². The van der Waals surface area contributed by atoms with E-state index >= 15 is 0 Å².